The van der Waals surface area contributed by atoms with E-state index in [1.807, 2.05) is 51.1 Å². The minimum Gasteiger partial charge on any atom is -0.290 e. The molecule has 0 bridgehead atoms. The molecule has 0 fully saturated rings. The van der Waals surface area contributed by atoms with Crippen molar-refractivity contribution in [3.05, 3.63) is 30.3 Å². The molecule has 0 aliphatic carbocycles. The molecule has 0 saturated carbocycles. The molecule has 2 rings (SSSR count). The van der Waals surface area contributed by atoms with Crippen LogP contribution in [-0.2, 0) is 4.79 Å². The minimum absolute atomic E-state index is 0.0909. The zero-order chi connectivity index (χ0) is 15.4. The van der Waals surface area contributed by atoms with Crippen LogP contribution >= 0.6 is 0 Å². The lowest BCUT2D eigenvalue weighted by molar-refractivity contribution is -0.130. The van der Waals surface area contributed by atoms with Crippen LogP contribution in [0.2, 0.25) is 0 Å². The maximum absolute atomic E-state index is 12.6. The van der Waals surface area contributed by atoms with Crippen LogP contribution in [-0.4, -0.2) is 29.0 Å². The van der Waals surface area contributed by atoms with E-state index >= 15 is 0 Å². The maximum atomic E-state index is 12.6. The van der Waals surface area contributed by atoms with Gasteiger partial charge in [0.05, 0.1) is 12.5 Å². The van der Waals surface area contributed by atoms with Gasteiger partial charge in [-0.05, 0) is 32.4 Å². The van der Waals surface area contributed by atoms with Gasteiger partial charge >= 0.3 is 6.03 Å². The lowest BCUT2D eigenvalue weighted by atomic mass is 10.1. The number of anilines is 1. The van der Waals surface area contributed by atoms with Gasteiger partial charge in [0.15, 0.2) is 0 Å². The Bertz CT molecular complexity index is 542. The van der Waals surface area contributed by atoms with Crippen LogP contribution in [0.3, 0.4) is 0 Å². The zero-order valence-corrected chi connectivity index (χ0v) is 12.6. The van der Waals surface area contributed by atoms with Gasteiger partial charge in [0, 0.05) is 11.7 Å². The Morgan fingerprint density at radius 1 is 1.38 bits per heavy atom. The third-order valence-corrected chi connectivity index (χ3v) is 3.36. The molecule has 6 heteroatoms. The third kappa shape index (κ3) is 3.26. The Hall–Kier alpha value is -2.24. The molecule has 0 spiro atoms. The minimum atomic E-state index is -0.459. The molecule has 1 atom stereocenters. The highest BCUT2D eigenvalue weighted by atomic mass is 16.2. The Kier molecular flexibility index (Phi) is 4.67. The van der Waals surface area contributed by atoms with E-state index < -0.39 is 6.03 Å². The highest BCUT2D eigenvalue weighted by Crippen LogP contribution is 2.22. The van der Waals surface area contributed by atoms with Gasteiger partial charge in [0.2, 0.25) is 0 Å². The number of imide groups is 1. The number of amides is 3. The first-order chi connectivity index (χ1) is 10.0. The molecule has 0 radical (unpaired) electrons. The number of carbonyl (C=O) groups excluding carboxylic acids is 2. The van der Waals surface area contributed by atoms with Gasteiger partial charge in [-0.25, -0.2) is 4.79 Å². The maximum Gasteiger partial charge on any atom is 0.353 e. The summed E-state index contributed by atoms with van der Waals surface area (Å²) < 4.78 is 0. The van der Waals surface area contributed by atoms with E-state index in [0.29, 0.717) is 0 Å². The molecule has 1 aromatic rings. The van der Waals surface area contributed by atoms with Crippen LogP contribution in [0.1, 0.15) is 33.6 Å². The molecule has 1 unspecified atom stereocenters. The number of rotatable bonds is 3. The summed E-state index contributed by atoms with van der Waals surface area (Å²) in [5.41, 5.74) is 0.734. The average molecular weight is 288 g/mol. The number of hydrogen-bond donors (Lipinski definition) is 0. The summed E-state index contributed by atoms with van der Waals surface area (Å²) in [6.07, 6.45) is 0.969. The smallest absolute Gasteiger partial charge is 0.290 e. The van der Waals surface area contributed by atoms with Gasteiger partial charge in [-0.2, -0.15) is 5.11 Å². The van der Waals surface area contributed by atoms with Gasteiger partial charge in [-0.15, -0.1) is 5.01 Å². The first-order valence-corrected chi connectivity index (χ1v) is 7.16. The van der Waals surface area contributed by atoms with Crippen molar-refractivity contribution in [2.24, 2.45) is 10.3 Å². The lowest BCUT2D eigenvalue weighted by Gasteiger charge is -2.31. The lowest BCUT2D eigenvalue weighted by Crippen LogP contribution is -2.48. The fourth-order valence-corrected chi connectivity index (χ4v) is 2.19. The average Bonchev–Trinajstić information content (AvgIpc) is 2.47. The fraction of sp³-hybridized carbons (Fsp3) is 0.467. The van der Waals surface area contributed by atoms with Crippen LogP contribution in [0.5, 0.6) is 0 Å². The first-order valence-electron chi connectivity index (χ1n) is 7.16. The van der Waals surface area contributed by atoms with Crippen molar-refractivity contribution in [2.45, 2.75) is 45.7 Å². The number of urea groups is 1. The summed E-state index contributed by atoms with van der Waals surface area (Å²) in [5, 5.41) is 8.70. The van der Waals surface area contributed by atoms with Crippen molar-refractivity contribution < 1.29 is 9.59 Å². The quantitative estimate of drug-likeness (QED) is 0.855. The summed E-state index contributed by atoms with van der Waals surface area (Å²) in [5.74, 6) is -0.302. The molecule has 21 heavy (non-hydrogen) atoms. The van der Waals surface area contributed by atoms with E-state index in [9.17, 15) is 9.59 Å². The van der Waals surface area contributed by atoms with Crippen LogP contribution < -0.4 is 4.90 Å². The number of carbonyl (C=O) groups is 2. The number of para-hydroxylation sites is 1. The van der Waals surface area contributed by atoms with Crippen molar-refractivity contribution in [2.75, 3.05) is 4.90 Å². The first kappa shape index (κ1) is 15.2. The second kappa shape index (κ2) is 6.47. The number of nitrogens with zero attached hydrogens (tertiary/aromatic N) is 4. The van der Waals surface area contributed by atoms with Crippen molar-refractivity contribution in [3.63, 3.8) is 0 Å². The van der Waals surface area contributed by atoms with Gasteiger partial charge in [-0.1, -0.05) is 30.3 Å². The predicted molar refractivity (Wildman–Crippen MR) is 79.9 cm³/mol. The van der Waals surface area contributed by atoms with Crippen LogP contribution in [0.25, 0.3) is 0 Å². The molecule has 1 aliphatic heterocycles. The molecule has 3 amide bonds. The van der Waals surface area contributed by atoms with E-state index in [1.165, 1.54) is 0 Å². The van der Waals surface area contributed by atoms with E-state index in [4.69, 9.17) is 0 Å². The predicted octanol–water partition coefficient (Wildman–Crippen LogP) is 3.40. The largest absolute Gasteiger partial charge is 0.353 e. The second-order valence-corrected chi connectivity index (χ2v) is 5.26. The Morgan fingerprint density at radius 2 is 2.05 bits per heavy atom. The van der Waals surface area contributed by atoms with Gasteiger partial charge in [0.1, 0.15) is 0 Å². The third-order valence-electron chi connectivity index (χ3n) is 3.36. The molecule has 0 aromatic heterocycles. The normalized spacial score (nSPS) is 18.2. The molecule has 0 N–H and O–H groups in total. The monoisotopic (exact) mass is 288 g/mol. The summed E-state index contributed by atoms with van der Waals surface area (Å²) >= 11 is 0. The topological polar surface area (TPSA) is 65.3 Å². The Morgan fingerprint density at radius 3 is 2.57 bits per heavy atom. The van der Waals surface area contributed by atoms with E-state index in [1.54, 1.807) is 4.90 Å². The molecule has 0 saturated heterocycles. The SMILES string of the molecule is CCC1CC(=O)N(C(=O)N(c2ccccc2)C(C)C)N=N1. The van der Waals surface area contributed by atoms with Crippen LogP contribution in [0, 0.1) is 0 Å². The highest BCUT2D eigenvalue weighted by Gasteiger charge is 2.33. The van der Waals surface area contributed by atoms with Crippen molar-refractivity contribution in [1.29, 1.82) is 0 Å². The van der Waals surface area contributed by atoms with Crippen LogP contribution in [0.4, 0.5) is 10.5 Å². The number of benzene rings is 1. The van der Waals surface area contributed by atoms with Gasteiger partial charge in [-0.3, -0.25) is 9.69 Å². The molecular weight excluding hydrogens is 268 g/mol. The molecule has 1 aromatic carbocycles. The summed E-state index contributed by atoms with van der Waals surface area (Å²) in [6.45, 7) is 5.73. The van der Waals surface area contributed by atoms with Crippen LogP contribution in [0.15, 0.2) is 40.7 Å². The van der Waals surface area contributed by atoms with E-state index in [-0.39, 0.29) is 24.4 Å². The summed E-state index contributed by atoms with van der Waals surface area (Å²) in [4.78, 5) is 26.3. The second-order valence-electron chi connectivity index (χ2n) is 5.26. The molecule has 6 nitrogen and oxygen atoms in total. The molecule has 1 aliphatic rings. The highest BCUT2D eigenvalue weighted by molar-refractivity contribution is 6.02. The number of hydrogen-bond acceptors (Lipinski definition) is 4. The molecule has 1 heterocycles. The zero-order valence-electron chi connectivity index (χ0n) is 12.6. The van der Waals surface area contributed by atoms with Gasteiger partial charge < -0.3 is 0 Å². The fourth-order valence-electron chi connectivity index (χ4n) is 2.19. The van der Waals surface area contributed by atoms with Crippen molar-refractivity contribution in [3.8, 4) is 0 Å². The molecule has 112 valence electrons. The van der Waals surface area contributed by atoms with E-state index in [0.717, 1.165) is 17.1 Å². The summed E-state index contributed by atoms with van der Waals surface area (Å²) in [7, 11) is 0. The Labute approximate surface area is 124 Å². The van der Waals surface area contributed by atoms with E-state index in [2.05, 4.69) is 10.3 Å². The standard InChI is InChI=1S/C15H20N4O2/c1-4-12-10-14(20)19(17-16-12)15(21)18(11(2)3)13-8-6-5-7-9-13/h5-9,11-12H,4,10H2,1-3H3. The summed E-state index contributed by atoms with van der Waals surface area (Å²) in [6, 6.07) is 8.58. The van der Waals surface area contributed by atoms with Crippen molar-refractivity contribution in [1.82, 2.24) is 5.01 Å². The van der Waals surface area contributed by atoms with Gasteiger partial charge in [0.25, 0.3) is 5.91 Å². The molecular formula is C15H20N4O2. The Balaban J connectivity index is 2.26. The van der Waals surface area contributed by atoms with Crippen molar-refractivity contribution >= 4 is 17.6 Å².